The normalized spacial score (nSPS) is 14.8. The Kier molecular flexibility index (Phi) is 44.5. The standard InChI is InChI=1S/C26H35N3O4S2.C25H32ClN3O3S2.C25H33N3O3S2.C18H21NO2.C13H9Cl2NO/c1-6-8-9-19(7-2)17-34-23-12-10-18(3)14-21(23)28-26(30)16-25-27-22-15-20(33-5)11-13-24(22)35(31,32)29(25)4;1-5-7-8-18(6-2)16-33-22-11-9-17(3)13-20(22)28-25(30)15-24-27-21-14-19(26)10-12-23(21)34(31,32)29(24)4;1-5-7-10-19(6-2)17-32-22-14-13-18(3)15-21(22)27-25(29)16-24-26-20-11-8-9-12-23(20)33(30,31)28(24)4;1-14-9-10-17(15(2)13-14)21-12-6-11-19-18(20)16-7-4-3-5-8-16;14-10-6-9(7-11(15)8-10)13(17)16-12-4-2-1-3-5-12/h10-16,19,27H,6-9,17H2,1-5H3,(H,28,30);9-15,18,27H,5-8,16H2,1-4H3,(H,28,30);8-9,11-16,19,26H,5-7,10,17H2,1-4H3,(H,27,29);3-5,7-10,13H,6,11-12H2,1-2H3,(H,19,20);1-8H,(H,16,17)/b25-16-;24-15-;24-16-;;. The summed E-state index contributed by atoms with van der Waals surface area (Å²) in [6, 6.07) is 63.2. The average molecular weight is 2080 g/mol. The molecule has 10 aromatic rings. The summed E-state index contributed by atoms with van der Waals surface area (Å²) in [5.74, 6) is 5.36. The Morgan fingerprint density at radius 3 is 1.22 bits per heavy atom. The van der Waals surface area contributed by atoms with E-state index in [4.69, 9.17) is 44.3 Å². The summed E-state index contributed by atoms with van der Waals surface area (Å²) >= 11 is 23.0. The molecule has 0 saturated carbocycles. The van der Waals surface area contributed by atoms with E-state index in [2.05, 4.69) is 97.1 Å². The number of unbranched alkanes of at least 4 members (excludes halogenated alkanes) is 3. The summed E-state index contributed by atoms with van der Waals surface area (Å²) in [5.41, 5.74) is 10.7. The van der Waals surface area contributed by atoms with Crippen LogP contribution in [0.25, 0.3) is 0 Å². The summed E-state index contributed by atoms with van der Waals surface area (Å²) in [6.45, 7) is 24.5. The lowest BCUT2D eigenvalue weighted by Gasteiger charge is -2.30. The molecule has 3 aliphatic heterocycles. The number of anilines is 7. The van der Waals surface area contributed by atoms with Gasteiger partial charge in [-0.2, -0.15) is 0 Å². The maximum atomic E-state index is 13.0. The number of amides is 5. The minimum atomic E-state index is -3.79. The van der Waals surface area contributed by atoms with Crippen LogP contribution in [0.15, 0.2) is 277 Å². The van der Waals surface area contributed by atoms with Gasteiger partial charge in [0.25, 0.3) is 59.6 Å². The Labute approximate surface area is 855 Å². The van der Waals surface area contributed by atoms with Crippen LogP contribution in [0.2, 0.25) is 15.1 Å². The lowest BCUT2D eigenvalue weighted by atomic mass is 10.0. The van der Waals surface area contributed by atoms with Crippen molar-refractivity contribution in [2.24, 2.45) is 17.8 Å². The molecular formula is C107H130Cl3N11O13S6. The molecule has 0 spiro atoms. The monoisotopic (exact) mass is 2070 g/mol. The molecule has 3 aliphatic rings. The summed E-state index contributed by atoms with van der Waals surface area (Å²) < 4.78 is 91.5. The molecule has 0 bridgehead atoms. The number of aryl methyl sites for hydroxylation is 5. The molecule has 140 heavy (non-hydrogen) atoms. The van der Waals surface area contributed by atoms with Crippen molar-refractivity contribution in [3.05, 3.63) is 302 Å². The molecule has 3 heterocycles. The first-order valence-corrected chi connectivity index (χ1v) is 55.3. The fourth-order valence-corrected chi connectivity index (χ4v) is 23.1. The van der Waals surface area contributed by atoms with Crippen molar-refractivity contribution in [1.82, 2.24) is 18.2 Å². The van der Waals surface area contributed by atoms with Gasteiger partial charge in [-0.05, 0) is 228 Å². The molecule has 5 amide bonds. The van der Waals surface area contributed by atoms with Gasteiger partial charge in [-0.15, -0.1) is 35.3 Å². The smallest absolute Gasteiger partial charge is 0.267 e. The molecule has 10 aromatic carbocycles. The van der Waals surface area contributed by atoms with Gasteiger partial charge in [0.15, 0.2) is 0 Å². The van der Waals surface area contributed by atoms with Crippen LogP contribution in [0.4, 0.5) is 39.8 Å². The van der Waals surface area contributed by atoms with Gasteiger partial charge in [-0.1, -0.05) is 219 Å². The Balaban J connectivity index is 0.000000200. The number of hydrogen-bond acceptors (Lipinski definition) is 19. The lowest BCUT2D eigenvalue weighted by Crippen LogP contribution is -2.35. The molecule has 0 saturated heterocycles. The zero-order valence-electron chi connectivity index (χ0n) is 82.1. The number of rotatable bonds is 36. The Bertz CT molecular complexity index is 6360. The Morgan fingerprint density at radius 1 is 0.400 bits per heavy atom. The average Bonchev–Trinajstić information content (AvgIpc) is 0.768. The van der Waals surface area contributed by atoms with Crippen LogP contribution in [-0.4, -0.2) is 126 Å². The minimum absolute atomic E-state index is 0.0397. The number of fused-ring (bicyclic) bond motifs is 3. The summed E-state index contributed by atoms with van der Waals surface area (Å²) in [5, 5.41) is 24.9. The van der Waals surface area contributed by atoms with Gasteiger partial charge in [0.05, 0.1) is 47.8 Å². The number of carbonyl (C=O) groups excluding carboxylic acids is 5. The van der Waals surface area contributed by atoms with Gasteiger partial charge < -0.3 is 52.0 Å². The largest absolute Gasteiger partial charge is 0.497 e. The SMILES string of the molecule is CCCCC(CC)CSc1ccc(C)cc1NC(=O)/C=C1/Nc2cc(Cl)ccc2S(=O)(=O)N1C.CCCCC(CC)CSc1ccc(C)cc1NC(=O)/C=C1/Nc2cc(OC)ccc2S(=O)(=O)N1C.CCCCC(CC)CSc1ccc(C)cc1NC(=O)/C=C1/Nc2ccccc2S(=O)(=O)N1C.Cc1ccc(OCCCNC(=O)c2ccccc2)c(C)c1.O=C(Nc1ccccc1)c1cc(Cl)cc(Cl)c1. The van der Waals surface area contributed by atoms with Crippen LogP contribution in [-0.2, 0) is 44.5 Å². The maximum Gasteiger partial charge on any atom is 0.267 e. The highest BCUT2D eigenvalue weighted by Crippen LogP contribution is 2.41. The van der Waals surface area contributed by atoms with Gasteiger partial charge in [0.2, 0.25) is 0 Å². The number of methoxy groups -OCH3 is 1. The fraction of sp³-hybridized carbons (Fsp3) is 0.336. The van der Waals surface area contributed by atoms with Crippen molar-refractivity contribution < 1.29 is 58.7 Å². The number of para-hydroxylation sites is 2. The molecular weight excluding hydrogens is 1950 g/mol. The van der Waals surface area contributed by atoms with E-state index in [0.29, 0.717) is 79.9 Å². The van der Waals surface area contributed by atoms with Gasteiger partial charge in [0, 0.05) is 116 Å². The number of sulfonamides is 3. The highest BCUT2D eigenvalue weighted by Gasteiger charge is 2.36. The predicted molar refractivity (Wildman–Crippen MR) is 578 cm³/mol. The van der Waals surface area contributed by atoms with Crippen LogP contribution in [0, 0.1) is 52.4 Å². The third-order valence-electron chi connectivity index (χ3n) is 23.2. The Hall–Kier alpha value is -11.1. The number of benzene rings is 10. The van der Waals surface area contributed by atoms with Crippen LogP contribution in [0.5, 0.6) is 11.5 Å². The van der Waals surface area contributed by atoms with E-state index >= 15 is 0 Å². The number of nitrogens with one attached hydrogen (secondary N) is 8. The predicted octanol–water partition coefficient (Wildman–Crippen LogP) is 25.9. The van der Waals surface area contributed by atoms with E-state index in [9.17, 15) is 49.2 Å². The molecule has 0 fully saturated rings. The number of thioether (sulfide) groups is 3. The number of ether oxygens (including phenoxy) is 2. The molecule has 0 radical (unpaired) electrons. The first-order valence-electron chi connectivity index (χ1n) is 46.9. The fourth-order valence-electron chi connectivity index (χ4n) is 14.8. The van der Waals surface area contributed by atoms with Crippen molar-refractivity contribution in [1.29, 1.82) is 0 Å². The molecule has 0 aliphatic carbocycles. The molecule has 13 rings (SSSR count). The number of nitrogens with zero attached hydrogens (tertiary/aromatic N) is 3. The van der Waals surface area contributed by atoms with Crippen molar-refractivity contribution >= 4 is 170 Å². The van der Waals surface area contributed by atoms with Crippen LogP contribution in [0.3, 0.4) is 0 Å². The maximum absolute atomic E-state index is 13.0. The van der Waals surface area contributed by atoms with Crippen LogP contribution >= 0.6 is 70.1 Å². The van der Waals surface area contributed by atoms with Gasteiger partial charge in [-0.25, -0.2) is 25.3 Å². The van der Waals surface area contributed by atoms with Crippen molar-refractivity contribution in [3.63, 3.8) is 0 Å². The molecule has 748 valence electrons. The quantitative estimate of drug-likeness (QED) is 0.0103. The second-order valence-corrected chi connectivity index (χ2v) is 44.4. The van der Waals surface area contributed by atoms with E-state index in [1.807, 2.05) is 155 Å². The molecule has 8 N–H and O–H groups in total. The highest BCUT2D eigenvalue weighted by atomic mass is 35.5. The molecule has 33 heteroatoms. The highest BCUT2D eigenvalue weighted by molar-refractivity contribution is 8.00. The van der Waals surface area contributed by atoms with E-state index in [-0.39, 0.29) is 49.9 Å². The van der Waals surface area contributed by atoms with E-state index < -0.39 is 41.9 Å². The van der Waals surface area contributed by atoms with E-state index in [1.165, 1.54) is 134 Å². The van der Waals surface area contributed by atoms with Gasteiger partial charge in [0.1, 0.15) is 43.6 Å². The third-order valence-corrected chi connectivity index (χ3v) is 33.2. The van der Waals surface area contributed by atoms with Gasteiger partial charge in [-0.3, -0.25) is 36.9 Å². The zero-order chi connectivity index (χ0) is 102. The molecule has 3 atom stereocenters. The van der Waals surface area contributed by atoms with Gasteiger partial charge >= 0.3 is 0 Å². The van der Waals surface area contributed by atoms with E-state index in [1.54, 1.807) is 89.9 Å². The topological polar surface area (TPSA) is 312 Å². The second kappa shape index (κ2) is 55.4. The number of halogens is 3. The first kappa shape index (κ1) is 113. The van der Waals surface area contributed by atoms with Crippen LogP contribution in [0.1, 0.15) is 174 Å². The van der Waals surface area contributed by atoms with Crippen molar-refractivity contribution in [2.45, 2.75) is 189 Å². The summed E-state index contributed by atoms with van der Waals surface area (Å²) in [7, 11) is -5.52. The molecule has 24 nitrogen and oxygen atoms in total. The third kappa shape index (κ3) is 33.6. The molecule has 0 aromatic heterocycles. The summed E-state index contributed by atoms with van der Waals surface area (Å²) in [4.78, 5) is 66.0. The van der Waals surface area contributed by atoms with Crippen LogP contribution < -0.4 is 52.0 Å². The zero-order valence-corrected chi connectivity index (χ0v) is 89.3. The van der Waals surface area contributed by atoms with E-state index in [0.717, 1.165) is 121 Å². The molecule has 3 unspecified atom stereocenters. The Morgan fingerprint density at radius 2 is 0.793 bits per heavy atom. The van der Waals surface area contributed by atoms with Crippen molar-refractivity contribution in [2.75, 3.05) is 95.9 Å². The van der Waals surface area contributed by atoms with Crippen molar-refractivity contribution in [3.8, 4) is 11.5 Å². The number of carbonyl (C=O) groups is 5. The minimum Gasteiger partial charge on any atom is -0.497 e. The lowest BCUT2D eigenvalue weighted by molar-refractivity contribution is -0.112. The summed E-state index contributed by atoms with van der Waals surface area (Å²) in [6.07, 6.45) is 18.9. The number of hydrogen-bond donors (Lipinski definition) is 8. The second-order valence-electron chi connectivity index (χ2n) is 34.1. The first-order chi connectivity index (χ1) is 66.9.